The van der Waals surface area contributed by atoms with Gasteiger partial charge in [0.05, 0.1) is 16.9 Å². The maximum atomic E-state index is 13.3. The Morgan fingerprint density at radius 3 is 2.52 bits per heavy atom. The van der Waals surface area contributed by atoms with Crippen molar-refractivity contribution in [2.75, 3.05) is 6.54 Å². The molecule has 164 valence electrons. The van der Waals surface area contributed by atoms with Gasteiger partial charge >= 0.3 is 0 Å². The third-order valence-corrected chi connectivity index (χ3v) is 5.81. The highest BCUT2D eigenvalue weighted by Crippen LogP contribution is 2.26. The van der Waals surface area contributed by atoms with E-state index in [1.165, 1.54) is 0 Å². The number of aryl methyl sites for hydroxylation is 1. The fourth-order valence-electron chi connectivity index (χ4n) is 4.05. The van der Waals surface area contributed by atoms with Crippen LogP contribution in [-0.2, 0) is 17.8 Å². The van der Waals surface area contributed by atoms with Crippen LogP contribution >= 0.6 is 11.6 Å². The summed E-state index contributed by atoms with van der Waals surface area (Å²) < 4.78 is 1.69. The second kappa shape index (κ2) is 10.6. The molecule has 3 rings (SSSR count). The summed E-state index contributed by atoms with van der Waals surface area (Å²) in [6.07, 6.45) is 2.63. The summed E-state index contributed by atoms with van der Waals surface area (Å²) in [5, 5.41) is 1.08. The van der Waals surface area contributed by atoms with E-state index >= 15 is 0 Å². The number of carbonyl (C=O) groups excluding carboxylic acids is 1. The minimum absolute atomic E-state index is 0.0839. The maximum Gasteiger partial charge on any atom is 0.261 e. The first-order chi connectivity index (χ1) is 15.0. The highest BCUT2D eigenvalue weighted by Gasteiger charge is 2.27. The van der Waals surface area contributed by atoms with Crippen molar-refractivity contribution in [1.82, 2.24) is 14.5 Å². The Morgan fingerprint density at radius 2 is 1.87 bits per heavy atom. The van der Waals surface area contributed by atoms with Gasteiger partial charge in [-0.25, -0.2) is 4.98 Å². The van der Waals surface area contributed by atoms with Crippen LogP contribution < -0.4 is 5.56 Å². The fraction of sp³-hybridized carbons (Fsp3) is 0.400. The Kier molecular flexibility index (Phi) is 7.85. The number of halogens is 1. The van der Waals surface area contributed by atoms with Gasteiger partial charge in [-0.05, 0) is 49.9 Å². The van der Waals surface area contributed by atoms with Crippen LogP contribution in [0.3, 0.4) is 0 Å². The first-order valence-corrected chi connectivity index (χ1v) is 11.4. The first kappa shape index (κ1) is 23.0. The number of fused-ring (bicyclic) bond motifs is 1. The monoisotopic (exact) mass is 439 g/mol. The number of amides is 1. The van der Waals surface area contributed by atoms with Crippen LogP contribution in [0.5, 0.6) is 0 Å². The van der Waals surface area contributed by atoms with Crippen molar-refractivity contribution < 1.29 is 4.79 Å². The van der Waals surface area contributed by atoms with E-state index in [1.54, 1.807) is 22.8 Å². The molecule has 0 aliphatic rings. The van der Waals surface area contributed by atoms with Crippen molar-refractivity contribution >= 4 is 28.4 Å². The average Bonchev–Trinajstić information content (AvgIpc) is 2.78. The van der Waals surface area contributed by atoms with Crippen LogP contribution in [-0.4, -0.2) is 26.9 Å². The van der Waals surface area contributed by atoms with Gasteiger partial charge in [0, 0.05) is 24.5 Å². The third-order valence-electron chi connectivity index (χ3n) is 5.58. The molecule has 0 N–H and O–H groups in total. The number of hydrogen-bond donors (Lipinski definition) is 0. The van der Waals surface area contributed by atoms with Crippen LogP contribution in [0.25, 0.3) is 10.9 Å². The molecule has 5 nitrogen and oxygen atoms in total. The quantitative estimate of drug-likeness (QED) is 0.449. The molecule has 0 radical (unpaired) electrons. The SMILES string of the molecule is CCCN(C(=O)CCc1ccccc1)C(CC)c1nc2cc(Cl)ccc2c(=O)n1CC. The van der Waals surface area contributed by atoms with E-state index in [-0.39, 0.29) is 17.5 Å². The summed E-state index contributed by atoms with van der Waals surface area (Å²) in [5.74, 6) is 0.715. The molecule has 0 aliphatic carbocycles. The normalized spacial score (nSPS) is 12.1. The Labute approximate surface area is 188 Å². The van der Waals surface area contributed by atoms with Crippen LogP contribution in [0.2, 0.25) is 5.02 Å². The first-order valence-electron chi connectivity index (χ1n) is 11.0. The molecule has 0 bridgehead atoms. The van der Waals surface area contributed by atoms with E-state index in [4.69, 9.17) is 16.6 Å². The number of hydrogen-bond acceptors (Lipinski definition) is 3. The zero-order valence-electron chi connectivity index (χ0n) is 18.5. The second-order valence-electron chi connectivity index (χ2n) is 7.68. The molecule has 3 aromatic rings. The Bertz CT molecular complexity index is 1100. The highest BCUT2D eigenvalue weighted by molar-refractivity contribution is 6.31. The summed E-state index contributed by atoms with van der Waals surface area (Å²) in [4.78, 5) is 33.1. The molecule has 6 heteroatoms. The molecule has 1 aromatic heterocycles. The lowest BCUT2D eigenvalue weighted by atomic mass is 10.1. The highest BCUT2D eigenvalue weighted by atomic mass is 35.5. The number of aromatic nitrogens is 2. The Hall–Kier alpha value is -2.66. The predicted molar refractivity (Wildman–Crippen MR) is 126 cm³/mol. The second-order valence-corrected chi connectivity index (χ2v) is 8.11. The standard InChI is InChI=1S/C25H30ClN3O2/c1-4-16-29(23(30)15-12-18-10-8-7-9-11-18)22(5-2)24-27-21-17-19(26)13-14-20(21)25(31)28(24)6-3/h7-11,13-14,17,22H,4-6,12,15-16H2,1-3H3. The predicted octanol–water partition coefficient (Wildman–Crippen LogP) is 5.39. The van der Waals surface area contributed by atoms with E-state index in [0.717, 1.165) is 12.0 Å². The van der Waals surface area contributed by atoms with Crippen molar-refractivity contribution in [1.29, 1.82) is 0 Å². The van der Waals surface area contributed by atoms with Gasteiger partial charge < -0.3 is 4.90 Å². The summed E-state index contributed by atoms with van der Waals surface area (Å²) in [6.45, 7) is 7.15. The summed E-state index contributed by atoms with van der Waals surface area (Å²) in [6, 6.07) is 14.9. The average molecular weight is 440 g/mol. The van der Waals surface area contributed by atoms with E-state index in [9.17, 15) is 9.59 Å². The summed E-state index contributed by atoms with van der Waals surface area (Å²) >= 11 is 6.16. The molecule has 1 atom stereocenters. The van der Waals surface area contributed by atoms with Crippen LogP contribution in [0, 0.1) is 0 Å². The summed E-state index contributed by atoms with van der Waals surface area (Å²) in [7, 11) is 0. The van der Waals surface area contributed by atoms with Gasteiger partial charge in [0.15, 0.2) is 0 Å². The molecule has 0 spiro atoms. The molecule has 1 amide bonds. The van der Waals surface area contributed by atoms with Crippen molar-refractivity contribution in [3.8, 4) is 0 Å². The lowest BCUT2D eigenvalue weighted by molar-refractivity contribution is -0.134. The minimum atomic E-state index is -0.265. The van der Waals surface area contributed by atoms with Gasteiger partial charge in [-0.1, -0.05) is 55.8 Å². The molecule has 0 saturated heterocycles. The van der Waals surface area contributed by atoms with Gasteiger partial charge in [0.2, 0.25) is 5.91 Å². The molecule has 1 heterocycles. The zero-order chi connectivity index (χ0) is 22.4. The lowest BCUT2D eigenvalue weighted by Gasteiger charge is -2.32. The molecule has 2 aromatic carbocycles. The van der Waals surface area contributed by atoms with Crippen molar-refractivity contribution in [2.45, 2.75) is 59.0 Å². The van der Waals surface area contributed by atoms with Crippen LogP contribution in [0.1, 0.15) is 57.5 Å². The lowest BCUT2D eigenvalue weighted by Crippen LogP contribution is -2.39. The molecule has 0 aliphatic heterocycles. The van der Waals surface area contributed by atoms with Crippen LogP contribution in [0.15, 0.2) is 53.3 Å². The van der Waals surface area contributed by atoms with Crippen LogP contribution in [0.4, 0.5) is 0 Å². The number of carbonyl (C=O) groups is 1. The molecular weight excluding hydrogens is 410 g/mol. The zero-order valence-corrected chi connectivity index (χ0v) is 19.2. The third kappa shape index (κ3) is 5.16. The van der Waals surface area contributed by atoms with Gasteiger partial charge in [-0.2, -0.15) is 0 Å². The maximum absolute atomic E-state index is 13.3. The number of rotatable bonds is 9. The van der Waals surface area contributed by atoms with Gasteiger partial charge in [-0.3, -0.25) is 14.2 Å². The smallest absolute Gasteiger partial charge is 0.261 e. The number of nitrogens with zero attached hydrogens (tertiary/aromatic N) is 3. The molecular formula is C25H30ClN3O2. The van der Waals surface area contributed by atoms with Crippen molar-refractivity contribution in [2.24, 2.45) is 0 Å². The fourth-order valence-corrected chi connectivity index (χ4v) is 4.21. The Morgan fingerprint density at radius 1 is 1.13 bits per heavy atom. The van der Waals surface area contributed by atoms with E-state index < -0.39 is 0 Å². The molecule has 1 unspecified atom stereocenters. The van der Waals surface area contributed by atoms with E-state index in [0.29, 0.717) is 54.1 Å². The molecule has 0 fully saturated rings. The minimum Gasteiger partial charge on any atom is -0.333 e. The van der Waals surface area contributed by atoms with Gasteiger partial charge in [0.25, 0.3) is 5.56 Å². The topological polar surface area (TPSA) is 55.2 Å². The van der Waals surface area contributed by atoms with E-state index in [1.807, 2.05) is 49.1 Å². The largest absolute Gasteiger partial charge is 0.333 e. The number of benzene rings is 2. The molecule has 0 saturated carbocycles. The van der Waals surface area contributed by atoms with Gasteiger partial charge in [-0.15, -0.1) is 0 Å². The van der Waals surface area contributed by atoms with Crippen molar-refractivity contribution in [3.05, 3.63) is 75.3 Å². The van der Waals surface area contributed by atoms with E-state index in [2.05, 4.69) is 6.92 Å². The van der Waals surface area contributed by atoms with Gasteiger partial charge in [0.1, 0.15) is 5.82 Å². The van der Waals surface area contributed by atoms with Crippen molar-refractivity contribution in [3.63, 3.8) is 0 Å². The Balaban J connectivity index is 1.99. The summed E-state index contributed by atoms with van der Waals surface area (Å²) in [5.41, 5.74) is 1.62. The molecule has 31 heavy (non-hydrogen) atoms.